The van der Waals surface area contributed by atoms with Gasteiger partial charge in [0.1, 0.15) is 5.75 Å². The summed E-state index contributed by atoms with van der Waals surface area (Å²) < 4.78 is 5.90. The van der Waals surface area contributed by atoms with E-state index < -0.39 is 11.8 Å². The second-order valence-corrected chi connectivity index (χ2v) is 5.71. The Morgan fingerprint density at radius 2 is 1.92 bits per heavy atom. The van der Waals surface area contributed by atoms with Gasteiger partial charge in [0, 0.05) is 15.7 Å². The molecule has 2 rings (SSSR count). The van der Waals surface area contributed by atoms with Gasteiger partial charge in [0.25, 0.3) is 0 Å². The topological polar surface area (TPSA) is 79.8 Å². The highest BCUT2D eigenvalue weighted by molar-refractivity contribution is 9.10. The molecule has 24 heavy (non-hydrogen) atoms. The van der Waals surface area contributed by atoms with Crippen LogP contribution < -0.4 is 15.5 Å². The fourth-order valence-electron chi connectivity index (χ4n) is 1.85. The summed E-state index contributed by atoms with van der Waals surface area (Å²) in [7, 11) is 1.56. The molecule has 0 aliphatic rings. The van der Waals surface area contributed by atoms with Crippen molar-refractivity contribution in [2.75, 3.05) is 12.4 Å². The molecule has 124 valence electrons. The second-order valence-electron chi connectivity index (χ2n) is 4.86. The minimum Gasteiger partial charge on any atom is -0.497 e. The van der Waals surface area contributed by atoms with Crippen LogP contribution in [0, 0.1) is 6.92 Å². The zero-order valence-corrected chi connectivity index (χ0v) is 14.8. The zero-order chi connectivity index (χ0) is 17.5. The van der Waals surface area contributed by atoms with E-state index in [-0.39, 0.29) is 0 Å². The molecule has 0 unspecified atom stereocenters. The summed E-state index contributed by atoms with van der Waals surface area (Å²) in [5.41, 5.74) is 4.34. The van der Waals surface area contributed by atoms with Crippen molar-refractivity contribution in [3.05, 3.63) is 58.1 Å². The number of nitrogens with zero attached hydrogens (tertiary/aromatic N) is 1. The van der Waals surface area contributed by atoms with Crippen molar-refractivity contribution in [2.24, 2.45) is 5.10 Å². The lowest BCUT2D eigenvalue weighted by Crippen LogP contribution is -2.32. The maximum Gasteiger partial charge on any atom is 0.329 e. The van der Waals surface area contributed by atoms with E-state index in [2.05, 4.69) is 31.8 Å². The number of aryl methyl sites for hydroxylation is 1. The number of rotatable bonds is 4. The molecule has 0 bridgehead atoms. The van der Waals surface area contributed by atoms with Crippen LogP contribution in [0.5, 0.6) is 5.75 Å². The number of halogens is 1. The molecule has 2 aromatic rings. The average Bonchev–Trinajstić information content (AvgIpc) is 2.58. The quantitative estimate of drug-likeness (QED) is 0.479. The molecule has 7 heteroatoms. The highest BCUT2D eigenvalue weighted by Crippen LogP contribution is 2.20. The predicted molar refractivity (Wildman–Crippen MR) is 96.2 cm³/mol. The van der Waals surface area contributed by atoms with Crippen LogP contribution in [0.4, 0.5) is 5.69 Å². The van der Waals surface area contributed by atoms with Crippen LogP contribution in [0.2, 0.25) is 0 Å². The molecule has 0 radical (unpaired) electrons. The second kappa shape index (κ2) is 8.26. The summed E-state index contributed by atoms with van der Waals surface area (Å²) in [6.07, 6.45) is 1.42. The number of ether oxygens (including phenoxy) is 1. The Labute approximate surface area is 148 Å². The standard InChI is InChI=1S/C17H16BrN3O3/c1-11-5-3-4-6-15(11)20-16(22)17(23)21-19-10-12-9-13(24-2)7-8-14(12)18/h3-10H,1-2H3,(H,20,22)(H,21,23)/b19-10-. The van der Waals surface area contributed by atoms with Gasteiger partial charge >= 0.3 is 11.8 Å². The number of benzene rings is 2. The van der Waals surface area contributed by atoms with Crippen molar-refractivity contribution >= 4 is 39.6 Å². The number of hydrogen-bond donors (Lipinski definition) is 2. The van der Waals surface area contributed by atoms with Gasteiger partial charge in [-0.1, -0.05) is 34.1 Å². The molecule has 0 atom stereocenters. The van der Waals surface area contributed by atoms with E-state index in [9.17, 15) is 9.59 Å². The van der Waals surface area contributed by atoms with Gasteiger partial charge in [0.15, 0.2) is 0 Å². The number of methoxy groups -OCH3 is 1. The van der Waals surface area contributed by atoms with Crippen molar-refractivity contribution in [3.8, 4) is 5.75 Å². The number of para-hydroxylation sites is 1. The average molecular weight is 390 g/mol. The fourth-order valence-corrected chi connectivity index (χ4v) is 2.20. The maximum atomic E-state index is 11.8. The fraction of sp³-hybridized carbons (Fsp3) is 0.118. The molecule has 0 saturated carbocycles. The first kappa shape index (κ1) is 17.7. The lowest BCUT2D eigenvalue weighted by Gasteiger charge is -2.06. The summed E-state index contributed by atoms with van der Waals surface area (Å²) in [6.45, 7) is 1.84. The van der Waals surface area contributed by atoms with Crippen molar-refractivity contribution in [2.45, 2.75) is 6.92 Å². The van der Waals surface area contributed by atoms with Crippen LogP contribution in [0.3, 0.4) is 0 Å². The van der Waals surface area contributed by atoms with Crippen LogP contribution in [0.1, 0.15) is 11.1 Å². The minimum absolute atomic E-state index is 0.581. The molecular formula is C17H16BrN3O3. The monoisotopic (exact) mass is 389 g/mol. The van der Waals surface area contributed by atoms with Gasteiger partial charge in [-0.25, -0.2) is 5.43 Å². The molecule has 0 heterocycles. The van der Waals surface area contributed by atoms with Crippen LogP contribution in [-0.4, -0.2) is 25.1 Å². The van der Waals surface area contributed by atoms with E-state index >= 15 is 0 Å². The molecule has 0 saturated heterocycles. The molecule has 0 aromatic heterocycles. The lowest BCUT2D eigenvalue weighted by atomic mass is 10.2. The van der Waals surface area contributed by atoms with Gasteiger partial charge < -0.3 is 10.1 Å². The first-order chi connectivity index (χ1) is 11.5. The third-order valence-electron chi connectivity index (χ3n) is 3.17. The Hall–Kier alpha value is -2.67. The number of anilines is 1. The molecular weight excluding hydrogens is 374 g/mol. The van der Waals surface area contributed by atoms with E-state index in [1.54, 1.807) is 37.4 Å². The van der Waals surface area contributed by atoms with Crippen molar-refractivity contribution in [1.82, 2.24) is 5.43 Å². The van der Waals surface area contributed by atoms with Crippen LogP contribution in [-0.2, 0) is 9.59 Å². The van der Waals surface area contributed by atoms with Gasteiger partial charge in [-0.05, 0) is 36.8 Å². The van der Waals surface area contributed by atoms with Gasteiger partial charge in [-0.3, -0.25) is 9.59 Å². The highest BCUT2D eigenvalue weighted by Gasteiger charge is 2.13. The lowest BCUT2D eigenvalue weighted by molar-refractivity contribution is -0.136. The van der Waals surface area contributed by atoms with Crippen LogP contribution >= 0.6 is 15.9 Å². The minimum atomic E-state index is -0.853. The van der Waals surface area contributed by atoms with Crippen molar-refractivity contribution in [3.63, 3.8) is 0 Å². The largest absolute Gasteiger partial charge is 0.497 e. The molecule has 0 spiro atoms. The summed E-state index contributed by atoms with van der Waals surface area (Å²) in [4.78, 5) is 23.6. The molecule has 0 fully saturated rings. The van der Waals surface area contributed by atoms with Gasteiger partial charge in [-0.2, -0.15) is 5.10 Å². The normalized spacial score (nSPS) is 10.5. The molecule has 0 aliphatic heterocycles. The van der Waals surface area contributed by atoms with Crippen LogP contribution in [0.25, 0.3) is 0 Å². The Kier molecular flexibility index (Phi) is 6.08. The smallest absolute Gasteiger partial charge is 0.329 e. The Balaban J connectivity index is 1.97. The third-order valence-corrected chi connectivity index (χ3v) is 3.89. The SMILES string of the molecule is COc1ccc(Br)c(/C=N\NC(=O)C(=O)Nc2ccccc2C)c1. The van der Waals surface area contributed by atoms with Gasteiger partial charge in [-0.15, -0.1) is 0 Å². The van der Waals surface area contributed by atoms with E-state index in [1.807, 2.05) is 19.1 Å². The summed E-state index contributed by atoms with van der Waals surface area (Å²) in [5, 5.41) is 6.33. The highest BCUT2D eigenvalue weighted by atomic mass is 79.9. The van der Waals surface area contributed by atoms with Gasteiger partial charge in [0.05, 0.1) is 13.3 Å². The number of amides is 2. The van der Waals surface area contributed by atoms with Crippen molar-refractivity contribution < 1.29 is 14.3 Å². The first-order valence-corrected chi connectivity index (χ1v) is 7.84. The number of carbonyl (C=O) groups is 2. The molecule has 2 aromatic carbocycles. The molecule has 6 nitrogen and oxygen atoms in total. The van der Waals surface area contributed by atoms with E-state index in [1.165, 1.54) is 6.21 Å². The summed E-state index contributed by atoms with van der Waals surface area (Å²) >= 11 is 3.37. The summed E-state index contributed by atoms with van der Waals surface area (Å²) in [6, 6.07) is 12.5. The number of hydrogen-bond acceptors (Lipinski definition) is 4. The number of carbonyl (C=O) groups excluding carboxylic acids is 2. The maximum absolute atomic E-state index is 11.8. The third kappa shape index (κ3) is 4.66. The molecule has 2 amide bonds. The van der Waals surface area contributed by atoms with Crippen LogP contribution in [0.15, 0.2) is 52.0 Å². The van der Waals surface area contributed by atoms with Crippen molar-refractivity contribution in [1.29, 1.82) is 0 Å². The Morgan fingerprint density at radius 3 is 2.62 bits per heavy atom. The first-order valence-electron chi connectivity index (χ1n) is 7.05. The summed E-state index contributed by atoms with van der Waals surface area (Å²) in [5.74, 6) is -0.983. The Morgan fingerprint density at radius 1 is 1.17 bits per heavy atom. The number of nitrogens with one attached hydrogen (secondary N) is 2. The van der Waals surface area contributed by atoms with E-state index in [4.69, 9.17) is 4.74 Å². The van der Waals surface area contributed by atoms with E-state index in [0.717, 1.165) is 10.0 Å². The Bertz CT molecular complexity index is 790. The molecule has 0 aliphatic carbocycles. The number of hydrazone groups is 1. The van der Waals surface area contributed by atoms with E-state index in [0.29, 0.717) is 17.0 Å². The zero-order valence-electron chi connectivity index (χ0n) is 13.2. The van der Waals surface area contributed by atoms with Gasteiger partial charge in [0.2, 0.25) is 0 Å². The predicted octanol–water partition coefficient (Wildman–Crippen LogP) is 2.85. The molecule has 2 N–H and O–H groups in total.